The summed E-state index contributed by atoms with van der Waals surface area (Å²) in [5.74, 6) is 0.875. The number of ether oxygens (including phenoxy) is 1. The van der Waals surface area contributed by atoms with Gasteiger partial charge in [-0.05, 0) is 38.0 Å². The lowest BCUT2D eigenvalue weighted by atomic mass is 10.1. The summed E-state index contributed by atoms with van der Waals surface area (Å²) >= 11 is 6.02. The molecule has 25 heavy (non-hydrogen) atoms. The average Bonchev–Trinajstić information content (AvgIpc) is 2.60. The van der Waals surface area contributed by atoms with Gasteiger partial charge in [0.25, 0.3) is 0 Å². The molecule has 0 spiro atoms. The van der Waals surface area contributed by atoms with E-state index >= 15 is 0 Å². The van der Waals surface area contributed by atoms with Crippen LogP contribution in [0.1, 0.15) is 19.4 Å². The first-order valence-corrected chi connectivity index (χ1v) is 9.15. The van der Waals surface area contributed by atoms with E-state index in [-0.39, 0.29) is 24.0 Å². The van der Waals surface area contributed by atoms with E-state index in [1.165, 1.54) is 5.56 Å². The highest BCUT2D eigenvalue weighted by Gasteiger charge is 2.16. The van der Waals surface area contributed by atoms with Gasteiger partial charge in [0, 0.05) is 37.2 Å². The Morgan fingerprint density at radius 1 is 1.32 bits per heavy atom. The Kier molecular flexibility index (Phi) is 11.4. The molecule has 1 atom stereocenters. The molecule has 1 aromatic carbocycles. The minimum Gasteiger partial charge on any atom is -0.379 e. The zero-order chi connectivity index (χ0) is 17.2. The molecule has 0 bridgehead atoms. The Bertz CT molecular complexity index is 524. The van der Waals surface area contributed by atoms with E-state index in [4.69, 9.17) is 21.3 Å². The highest BCUT2D eigenvalue weighted by atomic mass is 127. The molecule has 142 valence electrons. The van der Waals surface area contributed by atoms with Crippen molar-refractivity contribution in [3.05, 3.63) is 34.9 Å². The van der Waals surface area contributed by atoms with E-state index in [9.17, 15) is 0 Å². The van der Waals surface area contributed by atoms with Gasteiger partial charge in [-0.25, -0.2) is 0 Å². The highest BCUT2D eigenvalue weighted by Crippen LogP contribution is 2.10. The molecule has 5 nitrogen and oxygen atoms in total. The fourth-order valence-corrected chi connectivity index (χ4v) is 2.93. The van der Waals surface area contributed by atoms with Crippen LogP contribution in [0.2, 0.25) is 5.02 Å². The summed E-state index contributed by atoms with van der Waals surface area (Å²) in [4.78, 5) is 7.16. The molecule has 1 aliphatic heterocycles. The molecule has 1 aliphatic rings. The maximum atomic E-state index is 6.02. The Balaban J connectivity index is 0.00000312. The number of hydrogen-bond donors (Lipinski definition) is 2. The molecule has 1 aromatic rings. The Morgan fingerprint density at radius 3 is 2.76 bits per heavy atom. The minimum atomic E-state index is 0. The van der Waals surface area contributed by atoms with E-state index in [1.54, 1.807) is 0 Å². The number of guanidine groups is 1. The topological polar surface area (TPSA) is 48.9 Å². The predicted molar refractivity (Wildman–Crippen MR) is 116 cm³/mol. The summed E-state index contributed by atoms with van der Waals surface area (Å²) in [6.07, 6.45) is 0.921. The van der Waals surface area contributed by atoms with Crippen LogP contribution in [0, 0.1) is 0 Å². The average molecular weight is 481 g/mol. The number of benzene rings is 1. The molecule has 7 heteroatoms. The number of nitrogens with zero attached hydrogens (tertiary/aromatic N) is 2. The number of nitrogens with one attached hydrogen (secondary N) is 2. The SMILES string of the molecule is CCNC(=NCC(C)N1CCOCC1)NCCc1cccc(Cl)c1.I. The molecule has 0 aromatic heterocycles. The van der Waals surface area contributed by atoms with Crippen molar-refractivity contribution in [3.8, 4) is 0 Å². The quantitative estimate of drug-likeness (QED) is 0.358. The zero-order valence-electron chi connectivity index (χ0n) is 15.1. The van der Waals surface area contributed by atoms with Crippen LogP contribution in [0.4, 0.5) is 0 Å². The largest absolute Gasteiger partial charge is 0.379 e. The van der Waals surface area contributed by atoms with Crippen LogP contribution in [-0.2, 0) is 11.2 Å². The van der Waals surface area contributed by atoms with Gasteiger partial charge in [0.05, 0.1) is 19.8 Å². The van der Waals surface area contributed by atoms with Gasteiger partial charge in [0.15, 0.2) is 5.96 Å². The van der Waals surface area contributed by atoms with Gasteiger partial charge in [0.1, 0.15) is 0 Å². The van der Waals surface area contributed by atoms with Crippen LogP contribution >= 0.6 is 35.6 Å². The number of halogens is 2. The number of rotatable bonds is 7. The van der Waals surface area contributed by atoms with Crippen molar-refractivity contribution >= 4 is 41.5 Å². The molecule has 1 unspecified atom stereocenters. The molecule has 0 saturated carbocycles. The second-order valence-electron chi connectivity index (χ2n) is 6.02. The summed E-state index contributed by atoms with van der Waals surface area (Å²) in [6.45, 7) is 10.4. The standard InChI is InChI=1S/C18H29ClN4O.HI/c1-3-20-18(21-8-7-16-5-4-6-17(19)13-16)22-14-15(2)23-9-11-24-12-10-23;/h4-6,13,15H,3,7-12,14H2,1-2H3,(H2,20,21,22);1H. The first kappa shape index (κ1) is 22.5. The van der Waals surface area contributed by atoms with Gasteiger partial charge >= 0.3 is 0 Å². The van der Waals surface area contributed by atoms with Crippen molar-refractivity contribution in [2.45, 2.75) is 26.3 Å². The zero-order valence-corrected chi connectivity index (χ0v) is 18.2. The third kappa shape index (κ3) is 8.57. The summed E-state index contributed by atoms with van der Waals surface area (Å²) in [5.41, 5.74) is 1.23. The fraction of sp³-hybridized carbons (Fsp3) is 0.611. The second-order valence-corrected chi connectivity index (χ2v) is 6.46. The van der Waals surface area contributed by atoms with Crippen LogP contribution in [0.3, 0.4) is 0 Å². The number of morpholine rings is 1. The third-order valence-corrected chi connectivity index (χ3v) is 4.36. The smallest absolute Gasteiger partial charge is 0.191 e. The first-order chi connectivity index (χ1) is 11.7. The lowest BCUT2D eigenvalue weighted by molar-refractivity contribution is 0.0220. The van der Waals surface area contributed by atoms with Gasteiger partial charge in [0.2, 0.25) is 0 Å². The monoisotopic (exact) mass is 480 g/mol. The van der Waals surface area contributed by atoms with Crippen molar-refractivity contribution < 1.29 is 4.74 Å². The maximum Gasteiger partial charge on any atom is 0.191 e. The summed E-state index contributed by atoms with van der Waals surface area (Å²) < 4.78 is 5.41. The predicted octanol–water partition coefficient (Wildman–Crippen LogP) is 2.78. The number of aliphatic imine (C=N–C) groups is 1. The van der Waals surface area contributed by atoms with E-state index in [1.807, 2.05) is 18.2 Å². The second kappa shape index (κ2) is 12.7. The van der Waals surface area contributed by atoms with Crippen LogP contribution in [0.5, 0.6) is 0 Å². The minimum absolute atomic E-state index is 0. The molecule has 2 rings (SSSR count). The van der Waals surface area contributed by atoms with Crippen molar-refractivity contribution in [1.82, 2.24) is 15.5 Å². The molecule has 0 radical (unpaired) electrons. The van der Waals surface area contributed by atoms with Gasteiger partial charge in [-0.15, -0.1) is 24.0 Å². The lowest BCUT2D eigenvalue weighted by Gasteiger charge is -2.31. The number of hydrogen-bond acceptors (Lipinski definition) is 3. The van der Waals surface area contributed by atoms with Crippen LogP contribution in [0.25, 0.3) is 0 Å². The lowest BCUT2D eigenvalue weighted by Crippen LogP contribution is -2.44. The van der Waals surface area contributed by atoms with Crippen LogP contribution in [-0.4, -0.2) is 62.8 Å². The molecule has 1 saturated heterocycles. The van der Waals surface area contributed by atoms with Gasteiger partial charge in [-0.2, -0.15) is 0 Å². The van der Waals surface area contributed by atoms with E-state index in [0.717, 1.165) is 63.3 Å². The molecular weight excluding hydrogens is 451 g/mol. The van der Waals surface area contributed by atoms with Gasteiger partial charge in [-0.1, -0.05) is 23.7 Å². The molecule has 1 heterocycles. The van der Waals surface area contributed by atoms with E-state index < -0.39 is 0 Å². The van der Waals surface area contributed by atoms with Crippen LogP contribution in [0.15, 0.2) is 29.3 Å². The molecule has 2 N–H and O–H groups in total. The summed E-state index contributed by atoms with van der Waals surface area (Å²) in [7, 11) is 0. The third-order valence-electron chi connectivity index (χ3n) is 4.12. The summed E-state index contributed by atoms with van der Waals surface area (Å²) in [6, 6.07) is 8.42. The van der Waals surface area contributed by atoms with Crippen LogP contribution < -0.4 is 10.6 Å². The van der Waals surface area contributed by atoms with Gasteiger partial charge in [-0.3, -0.25) is 9.89 Å². The Hall–Kier alpha value is -0.570. The molecule has 0 amide bonds. The van der Waals surface area contributed by atoms with Crippen molar-refractivity contribution in [2.75, 3.05) is 45.9 Å². The first-order valence-electron chi connectivity index (χ1n) is 8.77. The Labute approximate surface area is 173 Å². The highest BCUT2D eigenvalue weighted by molar-refractivity contribution is 14.0. The summed E-state index contributed by atoms with van der Waals surface area (Å²) in [5, 5.41) is 7.49. The Morgan fingerprint density at radius 2 is 2.08 bits per heavy atom. The van der Waals surface area contributed by atoms with E-state index in [2.05, 4.69) is 35.4 Å². The van der Waals surface area contributed by atoms with E-state index in [0.29, 0.717) is 6.04 Å². The molecule has 0 aliphatic carbocycles. The van der Waals surface area contributed by atoms with Crippen molar-refractivity contribution in [1.29, 1.82) is 0 Å². The normalized spacial score (nSPS) is 16.8. The molecule has 1 fully saturated rings. The maximum absolute atomic E-state index is 6.02. The molecular formula is C18H30ClIN4O. The van der Waals surface area contributed by atoms with Gasteiger partial charge < -0.3 is 15.4 Å². The van der Waals surface area contributed by atoms with Crippen molar-refractivity contribution in [3.63, 3.8) is 0 Å². The van der Waals surface area contributed by atoms with Crippen molar-refractivity contribution in [2.24, 2.45) is 4.99 Å². The fourth-order valence-electron chi connectivity index (χ4n) is 2.72.